The predicted octanol–water partition coefficient (Wildman–Crippen LogP) is 3.82. The molecule has 0 bridgehead atoms. The highest BCUT2D eigenvalue weighted by molar-refractivity contribution is 6.00. The number of piperidine rings is 2. The van der Waals surface area contributed by atoms with Gasteiger partial charge in [-0.05, 0) is 71.0 Å². The van der Waals surface area contributed by atoms with E-state index in [1.54, 1.807) is 0 Å². The number of unbranched alkanes of at least 4 members (excludes halogenated alkanes) is 2. The van der Waals surface area contributed by atoms with Gasteiger partial charge in [0.25, 0.3) is 5.91 Å². The molecule has 0 radical (unpaired) electrons. The van der Waals surface area contributed by atoms with Gasteiger partial charge in [0.05, 0.1) is 5.69 Å². The summed E-state index contributed by atoms with van der Waals surface area (Å²) in [4.78, 5) is 20.0. The quantitative estimate of drug-likeness (QED) is 0.371. The number of nitrogens with zero attached hydrogens (tertiary/aromatic N) is 3. The van der Waals surface area contributed by atoms with Crippen LogP contribution in [0.4, 0.5) is 5.69 Å². The molecule has 2 fully saturated rings. The van der Waals surface area contributed by atoms with Gasteiger partial charge in [-0.3, -0.25) is 15.1 Å². The summed E-state index contributed by atoms with van der Waals surface area (Å²) in [7, 11) is 0. The van der Waals surface area contributed by atoms with Crippen LogP contribution in [0.5, 0.6) is 5.75 Å². The Bertz CT molecular complexity index is 821. The number of ether oxygens (including phenoxy) is 1. The maximum absolute atomic E-state index is 13.6. The summed E-state index contributed by atoms with van der Waals surface area (Å²) in [6.45, 7) is 7.98. The largest absolute Gasteiger partial charge is 0.478 e. The first kappa shape index (κ1) is 23.9. The van der Waals surface area contributed by atoms with Gasteiger partial charge < -0.3 is 20.3 Å². The number of hydrogen-bond donors (Lipinski definition) is 2. The molecule has 4 rings (SSSR count). The summed E-state index contributed by atoms with van der Waals surface area (Å²) in [6, 6.07) is 9.27. The smallest absolute Gasteiger partial charge is 0.268 e. The minimum Gasteiger partial charge on any atom is -0.478 e. The molecule has 0 aromatic heterocycles. The Balaban J connectivity index is 1.36. The van der Waals surface area contributed by atoms with Crippen LogP contribution in [0, 0.1) is 11.3 Å². The van der Waals surface area contributed by atoms with Crippen molar-refractivity contribution in [3.8, 4) is 5.75 Å². The number of para-hydroxylation sites is 2. The number of benzene rings is 1. The zero-order valence-corrected chi connectivity index (χ0v) is 20.3. The molecule has 4 atom stereocenters. The molecule has 3 heterocycles. The summed E-state index contributed by atoms with van der Waals surface area (Å²) < 4.78 is 6.24. The van der Waals surface area contributed by atoms with Gasteiger partial charge in [-0.1, -0.05) is 25.0 Å². The summed E-state index contributed by atoms with van der Waals surface area (Å²) >= 11 is 0. The molecule has 0 spiro atoms. The third-order valence-electron chi connectivity index (χ3n) is 7.82. The van der Waals surface area contributed by atoms with Gasteiger partial charge in [-0.2, -0.15) is 0 Å². The van der Waals surface area contributed by atoms with Gasteiger partial charge in [0, 0.05) is 37.6 Å². The number of fused-ring (bicyclic) bond motifs is 1. The van der Waals surface area contributed by atoms with Crippen molar-refractivity contribution in [3.05, 3.63) is 24.3 Å². The number of likely N-dealkylation sites (tertiary alicyclic amines) is 2. The predicted molar refractivity (Wildman–Crippen MR) is 133 cm³/mol. The second kappa shape index (κ2) is 10.8. The van der Waals surface area contributed by atoms with Crippen LogP contribution in [0.15, 0.2) is 24.3 Å². The van der Waals surface area contributed by atoms with Crippen LogP contribution in [-0.4, -0.2) is 66.0 Å². The van der Waals surface area contributed by atoms with Gasteiger partial charge in [-0.15, -0.1) is 0 Å². The molecule has 2 unspecified atom stereocenters. The third-order valence-corrected chi connectivity index (χ3v) is 7.82. The summed E-state index contributed by atoms with van der Waals surface area (Å²) in [5.41, 5.74) is 6.62. The number of carbonyl (C=O) groups is 1. The first-order chi connectivity index (χ1) is 16.0. The average Bonchev–Trinajstić information content (AvgIpc) is 2.81. The molecule has 3 N–H and O–H groups in total. The van der Waals surface area contributed by atoms with Crippen molar-refractivity contribution >= 4 is 17.6 Å². The topological polar surface area (TPSA) is 85.9 Å². The van der Waals surface area contributed by atoms with E-state index in [4.69, 9.17) is 15.9 Å². The lowest BCUT2D eigenvalue weighted by molar-refractivity contribution is -0.129. The summed E-state index contributed by atoms with van der Waals surface area (Å²) in [6.07, 6.45) is 8.60. The highest BCUT2D eigenvalue weighted by Crippen LogP contribution is 2.37. The Morgan fingerprint density at radius 1 is 1.06 bits per heavy atom. The zero-order chi connectivity index (χ0) is 23.4. The van der Waals surface area contributed by atoms with Crippen LogP contribution < -0.4 is 15.4 Å². The maximum Gasteiger partial charge on any atom is 0.268 e. The third kappa shape index (κ3) is 5.45. The van der Waals surface area contributed by atoms with Crippen LogP contribution >= 0.6 is 0 Å². The molecule has 1 amide bonds. The Hall–Kier alpha value is -2.28. The van der Waals surface area contributed by atoms with Gasteiger partial charge in [0.15, 0.2) is 12.1 Å². The molecule has 3 aliphatic heterocycles. The minimum absolute atomic E-state index is 0.0492. The molecular formula is C26H41N5O2. The van der Waals surface area contributed by atoms with Crippen molar-refractivity contribution in [3.63, 3.8) is 0 Å². The standard InChI is InChI=1S/C26H41N5O2/c1-19-10-8-11-20(2)30(19)16-6-3-7-17-31-22-13-4-5-14-23(22)33-24(25(31)32)21-12-9-15-29(18-21)26(27)28/h4-5,13-14,19-21,24H,3,6-12,15-18H2,1-2H3,(H3,27,28)/t19-,20+,21?,24?. The minimum atomic E-state index is -0.503. The fourth-order valence-electron chi connectivity index (χ4n) is 5.90. The van der Waals surface area contributed by atoms with Crippen molar-refractivity contribution in [2.45, 2.75) is 83.4 Å². The molecule has 3 aliphatic rings. The normalized spacial score (nSPS) is 28.4. The van der Waals surface area contributed by atoms with Crippen molar-refractivity contribution in [1.82, 2.24) is 9.80 Å². The number of nitrogens with one attached hydrogen (secondary N) is 1. The second-order valence-electron chi connectivity index (χ2n) is 10.2. The van der Waals surface area contributed by atoms with E-state index in [1.165, 1.54) is 25.7 Å². The van der Waals surface area contributed by atoms with Crippen LogP contribution in [0.25, 0.3) is 0 Å². The van der Waals surface area contributed by atoms with Crippen molar-refractivity contribution in [2.24, 2.45) is 11.7 Å². The van der Waals surface area contributed by atoms with Crippen LogP contribution in [0.3, 0.4) is 0 Å². The SMILES string of the molecule is C[C@@H]1CCC[C@H](C)N1CCCCCN1C(=O)C(C2CCCN(C(=N)N)C2)Oc2ccccc21. The molecule has 7 nitrogen and oxygen atoms in total. The Kier molecular flexibility index (Phi) is 7.78. The van der Waals surface area contributed by atoms with Gasteiger partial charge in [0.2, 0.25) is 0 Å². The number of hydrogen-bond acceptors (Lipinski definition) is 4. The number of rotatable bonds is 7. The lowest BCUT2D eigenvalue weighted by atomic mass is 9.90. The molecule has 1 aromatic carbocycles. The van der Waals surface area contributed by atoms with Gasteiger partial charge in [0.1, 0.15) is 5.75 Å². The molecule has 182 valence electrons. The maximum atomic E-state index is 13.6. The summed E-state index contributed by atoms with van der Waals surface area (Å²) in [5.74, 6) is 0.978. The molecule has 2 saturated heterocycles. The Morgan fingerprint density at radius 2 is 1.79 bits per heavy atom. The average molecular weight is 456 g/mol. The lowest BCUT2D eigenvalue weighted by Gasteiger charge is -2.41. The van der Waals surface area contributed by atoms with Crippen molar-refractivity contribution in [2.75, 3.05) is 31.1 Å². The van der Waals surface area contributed by atoms with E-state index in [2.05, 4.69) is 18.7 Å². The van der Waals surface area contributed by atoms with Gasteiger partial charge >= 0.3 is 0 Å². The molecule has 1 aromatic rings. The van der Waals surface area contributed by atoms with Crippen molar-refractivity contribution in [1.29, 1.82) is 5.41 Å². The van der Waals surface area contributed by atoms with Crippen LogP contribution in [0.2, 0.25) is 0 Å². The summed E-state index contributed by atoms with van der Waals surface area (Å²) in [5, 5.41) is 7.79. The van der Waals surface area contributed by atoms with Crippen molar-refractivity contribution < 1.29 is 9.53 Å². The fourth-order valence-corrected chi connectivity index (χ4v) is 5.90. The molecule has 7 heteroatoms. The monoisotopic (exact) mass is 455 g/mol. The highest BCUT2D eigenvalue weighted by atomic mass is 16.5. The van der Waals surface area contributed by atoms with E-state index in [0.717, 1.165) is 56.8 Å². The molecule has 33 heavy (non-hydrogen) atoms. The molecule has 0 saturated carbocycles. The first-order valence-electron chi connectivity index (χ1n) is 12.9. The highest BCUT2D eigenvalue weighted by Gasteiger charge is 2.41. The zero-order valence-electron chi connectivity index (χ0n) is 20.3. The number of carbonyl (C=O) groups excluding carboxylic acids is 1. The van der Waals surface area contributed by atoms with Gasteiger partial charge in [-0.25, -0.2) is 0 Å². The van der Waals surface area contributed by atoms with Crippen LogP contribution in [0.1, 0.15) is 65.2 Å². The molecular weight excluding hydrogens is 414 g/mol. The number of nitrogens with two attached hydrogens (primary N) is 1. The lowest BCUT2D eigenvalue weighted by Crippen LogP contribution is -2.54. The number of amides is 1. The first-order valence-corrected chi connectivity index (χ1v) is 12.9. The van der Waals surface area contributed by atoms with Crippen LogP contribution in [-0.2, 0) is 4.79 Å². The van der Waals surface area contributed by atoms with E-state index >= 15 is 0 Å². The fraction of sp³-hybridized carbons (Fsp3) is 0.692. The number of guanidine groups is 1. The Labute approximate surface area is 198 Å². The number of anilines is 1. The van der Waals surface area contributed by atoms with E-state index < -0.39 is 6.10 Å². The van der Waals surface area contributed by atoms with E-state index in [-0.39, 0.29) is 17.8 Å². The second-order valence-corrected chi connectivity index (χ2v) is 10.2. The molecule has 0 aliphatic carbocycles. The Morgan fingerprint density at radius 3 is 2.55 bits per heavy atom. The van der Waals surface area contributed by atoms with E-state index in [9.17, 15) is 4.79 Å². The van der Waals surface area contributed by atoms with E-state index in [0.29, 0.717) is 18.6 Å². The van der Waals surface area contributed by atoms with E-state index in [1.807, 2.05) is 34.1 Å².